The minimum Gasteiger partial charge on any atom is -0.377 e. The number of aliphatic imine (C=N–C) groups is 1. The molecule has 2 fully saturated rings. The molecule has 4 aliphatic rings. The first-order valence-electron chi connectivity index (χ1n) is 8.01. The number of nitrogens with one attached hydrogen (secondary N) is 1. The Kier molecular flexibility index (Phi) is 3.38. The number of ether oxygens (including phenoxy) is 1. The van der Waals surface area contributed by atoms with Crippen LogP contribution in [0.5, 0.6) is 0 Å². The average Bonchev–Trinajstić information content (AvgIpc) is 3.16. The molecule has 1 N–H and O–H groups in total. The molecule has 0 aromatic heterocycles. The van der Waals surface area contributed by atoms with E-state index in [1.807, 2.05) is 6.92 Å². The summed E-state index contributed by atoms with van der Waals surface area (Å²) < 4.78 is 4.85. The normalized spacial score (nSPS) is 42.1. The molecule has 114 valence electrons. The van der Waals surface area contributed by atoms with Crippen LogP contribution in [-0.4, -0.2) is 35.1 Å². The van der Waals surface area contributed by atoms with Gasteiger partial charge in [-0.25, -0.2) is 0 Å². The molecule has 2 heterocycles. The zero-order valence-corrected chi connectivity index (χ0v) is 13.2. The Morgan fingerprint density at radius 3 is 3.00 bits per heavy atom. The number of hydrogen-bond donors (Lipinski definition) is 1. The predicted molar refractivity (Wildman–Crippen MR) is 84.3 cm³/mol. The fourth-order valence-corrected chi connectivity index (χ4v) is 5.44. The molecule has 5 heteroatoms. The molecule has 21 heavy (non-hydrogen) atoms. The SMILES string of the molecule is CC1(C2=CCOCC2)SC(N[C@H]2C[C@H]3CC[C@H]2C3)=NC1=O. The Bertz CT molecular complexity index is 530. The lowest BCUT2D eigenvalue weighted by atomic mass is 9.95. The lowest BCUT2D eigenvalue weighted by Gasteiger charge is -2.28. The first kappa shape index (κ1) is 13.8. The highest BCUT2D eigenvalue weighted by molar-refractivity contribution is 8.16. The van der Waals surface area contributed by atoms with E-state index in [0.717, 1.165) is 23.4 Å². The Labute approximate surface area is 129 Å². The number of carbonyl (C=O) groups excluding carboxylic acids is 1. The van der Waals surface area contributed by atoms with Crippen LogP contribution in [-0.2, 0) is 9.53 Å². The number of fused-ring (bicyclic) bond motifs is 2. The summed E-state index contributed by atoms with van der Waals surface area (Å²) in [6.45, 7) is 3.34. The summed E-state index contributed by atoms with van der Waals surface area (Å²) in [5.74, 6) is 1.69. The topological polar surface area (TPSA) is 50.7 Å². The zero-order chi connectivity index (χ0) is 14.4. The molecule has 0 radical (unpaired) electrons. The third kappa shape index (κ3) is 2.34. The Balaban J connectivity index is 1.45. The fourth-order valence-electron chi connectivity index (χ4n) is 4.26. The molecular weight excluding hydrogens is 284 g/mol. The molecule has 0 spiro atoms. The van der Waals surface area contributed by atoms with Gasteiger partial charge in [0.2, 0.25) is 0 Å². The van der Waals surface area contributed by atoms with Crippen LogP contribution in [0.25, 0.3) is 0 Å². The van der Waals surface area contributed by atoms with Crippen LogP contribution in [0.2, 0.25) is 0 Å². The van der Waals surface area contributed by atoms with Gasteiger partial charge in [-0.3, -0.25) is 4.79 Å². The first-order valence-corrected chi connectivity index (χ1v) is 8.83. The van der Waals surface area contributed by atoms with Gasteiger partial charge in [-0.15, -0.1) is 0 Å². The Morgan fingerprint density at radius 2 is 2.33 bits per heavy atom. The minimum atomic E-state index is -0.510. The molecule has 0 aromatic carbocycles. The maximum atomic E-state index is 12.4. The minimum absolute atomic E-state index is 0.00805. The molecular formula is C16H22N2O2S. The molecule has 0 aromatic rings. The van der Waals surface area contributed by atoms with Gasteiger partial charge in [-0.1, -0.05) is 24.3 Å². The van der Waals surface area contributed by atoms with Crippen molar-refractivity contribution in [3.8, 4) is 0 Å². The summed E-state index contributed by atoms with van der Waals surface area (Å²) in [7, 11) is 0. The van der Waals surface area contributed by atoms with E-state index in [-0.39, 0.29) is 5.91 Å². The Hall–Kier alpha value is -0.810. The number of amides is 1. The van der Waals surface area contributed by atoms with Gasteiger partial charge in [0, 0.05) is 6.04 Å². The van der Waals surface area contributed by atoms with Crippen molar-refractivity contribution < 1.29 is 9.53 Å². The van der Waals surface area contributed by atoms with E-state index >= 15 is 0 Å². The van der Waals surface area contributed by atoms with Crippen LogP contribution in [0.4, 0.5) is 0 Å². The lowest BCUT2D eigenvalue weighted by Crippen LogP contribution is -2.37. The fraction of sp³-hybridized carbons (Fsp3) is 0.750. The van der Waals surface area contributed by atoms with E-state index in [1.165, 1.54) is 31.3 Å². The Morgan fingerprint density at radius 1 is 1.43 bits per heavy atom. The number of amidine groups is 1. The van der Waals surface area contributed by atoms with Crippen LogP contribution in [0, 0.1) is 11.8 Å². The van der Waals surface area contributed by atoms with Gasteiger partial charge in [-0.05, 0) is 50.0 Å². The second-order valence-electron chi connectivity index (χ2n) is 6.84. The quantitative estimate of drug-likeness (QED) is 0.796. The molecule has 2 saturated carbocycles. The molecule has 0 saturated heterocycles. The molecule has 1 amide bonds. The first-order chi connectivity index (χ1) is 10.1. The average molecular weight is 306 g/mol. The summed E-state index contributed by atoms with van der Waals surface area (Å²) in [4.78, 5) is 16.7. The van der Waals surface area contributed by atoms with E-state index in [0.29, 0.717) is 19.3 Å². The summed E-state index contributed by atoms with van der Waals surface area (Å²) in [6, 6.07) is 0.536. The van der Waals surface area contributed by atoms with E-state index in [1.54, 1.807) is 11.8 Å². The number of thioether (sulfide) groups is 1. The van der Waals surface area contributed by atoms with Crippen LogP contribution in [0.3, 0.4) is 0 Å². The largest absolute Gasteiger partial charge is 0.377 e. The van der Waals surface area contributed by atoms with Gasteiger partial charge in [0.05, 0.1) is 13.2 Å². The van der Waals surface area contributed by atoms with E-state index in [9.17, 15) is 4.79 Å². The second-order valence-corrected chi connectivity index (χ2v) is 8.24. The summed E-state index contributed by atoms with van der Waals surface area (Å²) in [5, 5.41) is 4.41. The van der Waals surface area contributed by atoms with Gasteiger partial charge in [0.1, 0.15) is 4.75 Å². The standard InChI is InChI=1S/C16H22N2O2S/c1-16(12-4-6-20-7-5-12)14(19)18-15(21-16)17-13-9-10-2-3-11(13)8-10/h4,10-11,13H,2-3,5-9H2,1H3,(H,17,18,19)/t10-,11-,13-,16?/m0/s1. The maximum Gasteiger partial charge on any atom is 0.268 e. The summed E-state index contributed by atoms with van der Waals surface area (Å²) >= 11 is 1.61. The number of nitrogens with zero attached hydrogens (tertiary/aromatic N) is 1. The van der Waals surface area contributed by atoms with E-state index in [2.05, 4.69) is 16.4 Å². The second kappa shape index (κ2) is 5.13. The van der Waals surface area contributed by atoms with Gasteiger partial charge in [-0.2, -0.15) is 4.99 Å². The summed E-state index contributed by atoms with van der Waals surface area (Å²) in [5.41, 5.74) is 1.18. The molecule has 2 aliphatic carbocycles. The highest BCUT2D eigenvalue weighted by Crippen LogP contribution is 2.46. The number of hydrogen-bond acceptors (Lipinski definition) is 4. The van der Waals surface area contributed by atoms with Gasteiger partial charge < -0.3 is 10.1 Å². The molecule has 4 atom stereocenters. The van der Waals surface area contributed by atoms with Crippen LogP contribution >= 0.6 is 11.8 Å². The van der Waals surface area contributed by atoms with Crippen LogP contribution in [0.1, 0.15) is 39.0 Å². The smallest absolute Gasteiger partial charge is 0.268 e. The van der Waals surface area contributed by atoms with Crippen LogP contribution < -0.4 is 5.32 Å². The van der Waals surface area contributed by atoms with Crippen molar-refractivity contribution in [2.24, 2.45) is 16.8 Å². The van der Waals surface area contributed by atoms with Gasteiger partial charge in [0.15, 0.2) is 5.17 Å². The van der Waals surface area contributed by atoms with Crippen molar-refractivity contribution in [3.63, 3.8) is 0 Å². The molecule has 4 rings (SSSR count). The molecule has 1 unspecified atom stereocenters. The van der Waals surface area contributed by atoms with Crippen molar-refractivity contribution in [1.29, 1.82) is 0 Å². The highest BCUT2D eigenvalue weighted by Gasteiger charge is 2.46. The number of carbonyl (C=O) groups is 1. The monoisotopic (exact) mass is 306 g/mol. The molecule has 2 aliphatic heterocycles. The third-order valence-electron chi connectivity index (χ3n) is 5.54. The molecule has 2 bridgehead atoms. The van der Waals surface area contributed by atoms with Crippen molar-refractivity contribution >= 4 is 22.8 Å². The summed E-state index contributed by atoms with van der Waals surface area (Å²) in [6.07, 6.45) is 8.26. The van der Waals surface area contributed by atoms with Gasteiger partial charge >= 0.3 is 0 Å². The number of rotatable bonds is 2. The highest BCUT2D eigenvalue weighted by atomic mass is 32.2. The van der Waals surface area contributed by atoms with E-state index in [4.69, 9.17) is 4.74 Å². The van der Waals surface area contributed by atoms with Crippen molar-refractivity contribution in [3.05, 3.63) is 11.6 Å². The lowest BCUT2D eigenvalue weighted by molar-refractivity contribution is -0.118. The van der Waals surface area contributed by atoms with E-state index < -0.39 is 4.75 Å². The van der Waals surface area contributed by atoms with Crippen molar-refractivity contribution in [2.75, 3.05) is 13.2 Å². The predicted octanol–water partition coefficient (Wildman–Crippen LogP) is 2.50. The molecule has 4 nitrogen and oxygen atoms in total. The third-order valence-corrected chi connectivity index (χ3v) is 6.78. The van der Waals surface area contributed by atoms with Gasteiger partial charge in [0.25, 0.3) is 5.91 Å². The zero-order valence-electron chi connectivity index (χ0n) is 12.4. The maximum absolute atomic E-state index is 12.4. The van der Waals surface area contributed by atoms with Crippen molar-refractivity contribution in [1.82, 2.24) is 5.32 Å². The van der Waals surface area contributed by atoms with Crippen LogP contribution in [0.15, 0.2) is 16.6 Å². The van der Waals surface area contributed by atoms with Crippen molar-refractivity contribution in [2.45, 2.75) is 49.8 Å².